The van der Waals surface area contributed by atoms with Gasteiger partial charge in [-0.2, -0.15) is 0 Å². The summed E-state index contributed by atoms with van der Waals surface area (Å²) < 4.78 is 38.6. The van der Waals surface area contributed by atoms with Gasteiger partial charge < -0.3 is 10.8 Å². The number of benzene rings is 1. The molecule has 0 aromatic heterocycles. The molecule has 0 aliphatic heterocycles. The predicted octanol–water partition coefficient (Wildman–Crippen LogP) is 0.531. The summed E-state index contributed by atoms with van der Waals surface area (Å²) in [4.78, 5) is 21.2. The Morgan fingerprint density at radius 3 is 2.55 bits per heavy atom. The van der Waals surface area contributed by atoms with Crippen molar-refractivity contribution in [2.45, 2.75) is 12.8 Å². The minimum atomic E-state index is -3.90. The molecule has 9 heteroatoms. The number of anilines is 1. The van der Waals surface area contributed by atoms with Crippen molar-refractivity contribution in [1.82, 2.24) is 0 Å². The quantitative estimate of drug-likeness (QED) is 0.677. The van der Waals surface area contributed by atoms with E-state index in [0.717, 1.165) is 18.2 Å². The highest BCUT2D eigenvalue weighted by atomic mass is 32.2. The molecule has 110 valence electrons. The van der Waals surface area contributed by atoms with E-state index in [4.69, 9.17) is 10.8 Å². The van der Waals surface area contributed by atoms with Crippen molar-refractivity contribution >= 4 is 27.6 Å². The number of carbonyl (C=O) groups is 2. The zero-order chi connectivity index (χ0) is 15.3. The summed E-state index contributed by atoms with van der Waals surface area (Å²) in [6, 6.07) is 3.02. The van der Waals surface area contributed by atoms with Crippen LogP contribution in [-0.2, 0) is 14.8 Å². The van der Waals surface area contributed by atoms with E-state index in [1.54, 1.807) is 0 Å². The number of hydrogen-bond acceptors (Lipinski definition) is 4. The second-order valence-corrected chi connectivity index (χ2v) is 5.82. The number of rotatable bonds is 7. The van der Waals surface area contributed by atoms with E-state index >= 15 is 0 Å². The highest BCUT2D eigenvalue weighted by Crippen LogP contribution is 2.17. The highest BCUT2D eigenvalue weighted by molar-refractivity contribution is 7.92. The molecule has 0 saturated carbocycles. The molecule has 0 atom stereocenters. The van der Waals surface area contributed by atoms with Crippen LogP contribution in [-0.4, -0.2) is 31.2 Å². The van der Waals surface area contributed by atoms with Crippen molar-refractivity contribution in [2.24, 2.45) is 5.73 Å². The van der Waals surface area contributed by atoms with Gasteiger partial charge in [-0.1, -0.05) is 0 Å². The SMILES string of the molecule is NC(=O)c1ccc(F)c(NS(=O)(=O)CCCC(=O)O)c1. The molecule has 0 unspecified atom stereocenters. The van der Waals surface area contributed by atoms with Crippen LogP contribution in [0.2, 0.25) is 0 Å². The largest absolute Gasteiger partial charge is 0.481 e. The number of amides is 1. The molecule has 0 fully saturated rings. The summed E-state index contributed by atoms with van der Waals surface area (Å²) >= 11 is 0. The van der Waals surface area contributed by atoms with Crippen LogP contribution in [0.4, 0.5) is 10.1 Å². The average Bonchev–Trinajstić information content (AvgIpc) is 2.30. The van der Waals surface area contributed by atoms with Crippen LogP contribution >= 0.6 is 0 Å². The Hall–Kier alpha value is -2.16. The number of sulfonamides is 1. The Morgan fingerprint density at radius 2 is 2.00 bits per heavy atom. The molecule has 0 heterocycles. The number of carboxylic acids is 1. The summed E-state index contributed by atoms with van der Waals surface area (Å²) in [6.07, 6.45) is -0.424. The summed E-state index contributed by atoms with van der Waals surface area (Å²) in [5.41, 5.74) is 4.55. The molecule has 4 N–H and O–H groups in total. The standard InChI is InChI=1S/C11H13FN2O5S/c12-8-4-3-7(11(13)17)6-9(8)14-20(18,19)5-1-2-10(15)16/h3-4,6,14H,1-2,5H2,(H2,13,17)(H,15,16). The lowest BCUT2D eigenvalue weighted by molar-refractivity contribution is -0.137. The van der Waals surface area contributed by atoms with Gasteiger partial charge in [-0.25, -0.2) is 12.8 Å². The first-order valence-corrected chi connectivity index (χ1v) is 7.18. The lowest BCUT2D eigenvalue weighted by Crippen LogP contribution is -2.19. The Labute approximate surface area is 114 Å². The van der Waals surface area contributed by atoms with Crippen LogP contribution in [0.3, 0.4) is 0 Å². The minimum Gasteiger partial charge on any atom is -0.481 e. The third-order valence-corrected chi connectivity index (χ3v) is 3.68. The molecular formula is C11H13FN2O5S. The van der Waals surface area contributed by atoms with Crippen molar-refractivity contribution in [1.29, 1.82) is 0 Å². The lowest BCUT2D eigenvalue weighted by Gasteiger charge is -2.09. The summed E-state index contributed by atoms with van der Waals surface area (Å²) in [7, 11) is -3.90. The van der Waals surface area contributed by atoms with Gasteiger partial charge in [-0.05, 0) is 24.6 Å². The number of halogens is 1. The van der Waals surface area contributed by atoms with Gasteiger partial charge in [0.1, 0.15) is 5.82 Å². The molecule has 0 aliphatic rings. The zero-order valence-corrected chi connectivity index (χ0v) is 11.1. The molecule has 20 heavy (non-hydrogen) atoms. The van der Waals surface area contributed by atoms with Gasteiger partial charge in [0.2, 0.25) is 15.9 Å². The number of aliphatic carboxylic acids is 1. The van der Waals surface area contributed by atoms with Gasteiger partial charge in [0.25, 0.3) is 0 Å². The van der Waals surface area contributed by atoms with Crippen LogP contribution in [0.25, 0.3) is 0 Å². The van der Waals surface area contributed by atoms with E-state index in [9.17, 15) is 22.4 Å². The third kappa shape index (κ3) is 4.84. The smallest absolute Gasteiger partial charge is 0.303 e. The van der Waals surface area contributed by atoms with E-state index in [0.29, 0.717) is 0 Å². The fraction of sp³-hybridized carbons (Fsp3) is 0.273. The molecule has 1 amide bonds. The third-order valence-electron chi connectivity index (χ3n) is 2.32. The van der Waals surface area contributed by atoms with Crippen LogP contribution in [0.5, 0.6) is 0 Å². The number of hydrogen-bond donors (Lipinski definition) is 3. The van der Waals surface area contributed by atoms with E-state index in [1.165, 1.54) is 0 Å². The maximum Gasteiger partial charge on any atom is 0.303 e. The monoisotopic (exact) mass is 304 g/mol. The number of primary amides is 1. The van der Waals surface area contributed by atoms with Crippen LogP contribution in [0.15, 0.2) is 18.2 Å². The van der Waals surface area contributed by atoms with Crippen LogP contribution in [0, 0.1) is 5.82 Å². The summed E-state index contributed by atoms with van der Waals surface area (Å²) in [6.45, 7) is 0. The van der Waals surface area contributed by atoms with Crippen molar-refractivity contribution in [3.05, 3.63) is 29.6 Å². The predicted molar refractivity (Wildman–Crippen MR) is 69.2 cm³/mol. The second kappa shape index (κ2) is 6.33. The van der Waals surface area contributed by atoms with Crippen LogP contribution in [0.1, 0.15) is 23.2 Å². The van der Waals surface area contributed by atoms with Gasteiger partial charge in [-0.3, -0.25) is 14.3 Å². The number of nitrogens with one attached hydrogen (secondary N) is 1. The fourth-order valence-electron chi connectivity index (χ4n) is 1.39. The van der Waals surface area contributed by atoms with Crippen molar-refractivity contribution < 1.29 is 27.5 Å². The lowest BCUT2D eigenvalue weighted by atomic mass is 10.2. The van der Waals surface area contributed by atoms with Crippen molar-refractivity contribution in [3.63, 3.8) is 0 Å². The maximum absolute atomic E-state index is 13.4. The Bertz CT molecular complexity index is 630. The molecule has 0 radical (unpaired) electrons. The average molecular weight is 304 g/mol. The molecule has 1 rings (SSSR count). The van der Waals surface area contributed by atoms with Gasteiger partial charge in [0.05, 0.1) is 11.4 Å². The van der Waals surface area contributed by atoms with E-state index in [1.807, 2.05) is 4.72 Å². The molecule has 0 bridgehead atoms. The van der Waals surface area contributed by atoms with E-state index < -0.39 is 39.2 Å². The topological polar surface area (TPSA) is 127 Å². The van der Waals surface area contributed by atoms with Crippen molar-refractivity contribution in [3.8, 4) is 0 Å². The fourth-order valence-corrected chi connectivity index (χ4v) is 2.51. The van der Waals surface area contributed by atoms with Gasteiger partial charge in [0.15, 0.2) is 0 Å². The summed E-state index contributed by atoms with van der Waals surface area (Å²) in [5.74, 6) is -3.28. The Kier molecular flexibility index (Phi) is 5.03. The van der Waals surface area contributed by atoms with E-state index in [-0.39, 0.29) is 18.4 Å². The maximum atomic E-state index is 13.4. The molecule has 0 spiro atoms. The molecular weight excluding hydrogens is 291 g/mol. The number of nitrogens with two attached hydrogens (primary N) is 1. The van der Waals surface area contributed by atoms with E-state index in [2.05, 4.69) is 0 Å². The first-order valence-electron chi connectivity index (χ1n) is 5.53. The van der Waals surface area contributed by atoms with Crippen LogP contribution < -0.4 is 10.5 Å². The number of carbonyl (C=O) groups excluding carboxylic acids is 1. The molecule has 1 aromatic rings. The first kappa shape index (κ1) is 15.9. The Morgan fingerprint density at radius 1 is 1.35 bits per heavy atom. The van der Waals surface area contributed by atoms with Gasteiger partial charge in [-0.15, -0.1) is 0 Å². The normalized spacial score (nSPS) is 11.1. The van der Waals surface area contributed by atoms with Gasteiger partial charge in [0, 0.05) is 12.0 Å². The summed E-state index contributed by atoms with van der Waals surface area (Å²) in [5, 5.41) is 8.42. The zero-order valence-electron chi connectivity index (χ0n) is 10.3. The molecule has 1 aromatic carbocycles. The molecule has 0 aliphatic carbocycles. The first-order chi connectivity index (χ1) is 9.21. The second-order valence-electron chi connectivity index (χ2n) is 3.98. The van der Waals surface area contributed by atoms with Gasteiger partial charge >= 0.3 is 5.97 Å². The number of carboxylic acid groups (broad SMARTS) is 1. The highest BCUT2D eigenvalue weighted by Gasteiger charge is 2.15. The van der Waals surface area contributed by atoms with Crippen molar-refractivity contribution in [2.75, 3.05) is 10.5 Å². The molecule has 7 nitrogen and oxygen atoms in total. The minimum absolute atomic E-state index is 0.0466. The molecule has 0 saturated heterocycles. The Balaban J connectivity index is 2.83.